The summed E-state index contributed by atoms with van der Waals surface area (Å²) in [4.78, 5) is 39.5. The van der Waals surface area contributed by atoms with Crippen molar-refractivity contribution >= 4 is 39.2 Å². The van der Waals surface area contributed by atoms with Gasteiger partial charge in [0.1, 0.15) is 6.04 Å². The number of nitrogens with zero attached hydrogens (tertiary/aromatic N) is 1. The Kier molecular flexibility index (Phi) is 13.8. The average molecular weight is 469 g/mol. The fourth-order valence-electron chi connectivity index (χ4n) is 3.50. The fraction of sp³-hybridized carbons (Fsp3) is 0.542. The number of hydrogen-bond donors (Lipinski definition) is 1. The summed E-state index contributed by atoms with van der Waals surface area (Å²) in [5, 5.41) is 14.8. The van der Waals surface area contributed by atoms with Crippen LogP contribution in [0.3, 0.4) is 0 Å². The molecule has 0 fully saturated rings. The van der Waals surface area contributed by atoms with Crippen LogP contribution in [0.15, 0.2) is 30.3 Å². The normalized spacial score (nSPS) is 11.6. The zero-order valence-corrected chi connectivity index (χ0v) is 22.3. The number of thiophene rings is 1. The van der Waals surface area contributed by atoms with Crippen LogP contribution in [0.1, 0.15) is 74.9 Å². The molecule has 1 atom stereocenters. The number of unbranched alkanes of at least 4 members (excludes halogenated alkanes) is 4. The summed E-state index contributed by atoms with van der Waals surface area (Å²) >= 11 is 1.36. The van der Waals surface area contributed by atoms with Crippen LogP contribution in [0.25, 0.3) is 10.1 Å². The monoisotopic (exact) mass is 468 g/mol. The molecule has 32 heavy (non-hydrogen) atoms. The molecule has 1 N–H and O–H groups in total. The van der Waals surface area contributed by atoms with Crippen LogP contribution in [0, 0.1) is 0 Å². The van der Waals surface area contributed by atoms with Crippen molar-refractivity contribution in [3.63, 3.8) is 0 Å². The molecule has 0 spiro atoms. The van der Waals surface area contributed by atoms with E-state index in [1.807, 2.05) is 24.3 Å². The Bertz CT molecular complexity index is 828. The molecule has 0 saturated heterocycles. The molecule has 2 amide bonds. The molecule has 1 heterocycles. The standard InChI is InChI=1S/C24H34N2O4S.Na/c1-3-5-9-15-26(16-10-6-4-2)24(30)19(13-14-22(27)28)25-23(29)21-17-18-11-7-8-12-20(18)31-21;/h7-8,11-12,17,19H,3-6,9-10,13-16H2,1-2H3,(H,25,29)(H,27,28);/q;+1/p-1/t19-;/m1./s1. The third-order valence-corrected chi connectivity index (χ3v) is 6.38. The third kappa shape index (κ3) is 9.22. The first-order chi connectivity index (χ1) is 15.0. The van der Waals surface area contributed by atoms with Crippen molar-refractivity contribution in [2.75, 3.05) is 13.1 Å². The second-order valence-corrected chi connectivity index (χ2v) is 8.91. The Hall–Kier alpha value is -1.41. The van der Waals surface area contributed by atoms with E-state index in [2.05, 4.69) is 19.2 Å². The van der Waals surface area contributed by atoms with Crippen LogP contribution < -0.4 is 40.0 Å². The SMILES string of the molecule is CCCCCN(CCCCC)C(=O)[C@@H](CCC(=O)[O-])NC(=O)c1cc2ccccc2s1.[Na+]. The van der Waals surface area contributed by atoms with E-state index in [4.69, 9.17) is 0 Å². The molecule has 0 aliphatic rings. The summed E-state index contributed by atoms with van der Waals surface area (Å²) in [5.74, 6) is -1.78. The first-order valence-corrected chi connectivity index (χ1v) is 12.1. The average Bonchev–Trinajstić information content (AvgIpc) is 3.19. The molecular weight excluding hydrogens is 435 g/mol. The number of carbonyl (C=O) groups excluding carboxylic acids is 3. The number of carboxylic acid groups (broad SMARTS) is 1. The molecule has 170 valence electrons. The predicted molar refractivity (Wildman–Crippen MR) is 123 cm³/mol. The van der Waals surface area contributed by atoms with E-state index >= 15 is 0 Å². The zero-order valence-electron chi connectivity index (χ0n) is 19.5. The van der Waals surface area contributed by atoms with E-state index in [1.165, 1.54) is 11.3 Å². The van der Waals surface area contributed by atoms with E-state index in [0.717, 1.165) is 48.6 Å². The van der Waals surface area contributed by atoms with Gasteiger partial charge in [-0.05, 0) is 43.2 Å². The summed E-state index contributed by atoms with van der Waals surface area (Å²) < 4.78 is 0.992. The van der Waals surface area contributed by atoms with Crippen molar-refractivity contribution in [2.24, 2.45) is 0 Å². The van der Waals surface area contributed by atoms with E-state index in [0.29, 0.717) is 18.0 Å². The quantitative estimate of drug-likeness (QED) is 0.327. The Balaban J connectivity index is 0.00000512. The van der Waals surface area contributed by atoms with Crippen LogP contribution in [-0.4, -0.2) is 41.8 Å². The molecule has 0 aliphatic carbocycles. The molecule has 0 radical (unpaired) electrons. The van der Waals surface area contributed by atoms with Crippen molar-refractivity contribution < 1.29 is 49.0 Å². The molecule has 2 aromatic rings. The number of benzene rings is 1. The second kappa shape index (κ2) is 15.4. The van der Waals surface area contributed by atoms with E-state index in [1.54, 1.807) is 11.0 Å². The van der Waals surface area contributed by atoms with Gasteiger partial charge in [0.05, 0.1) is 4.88 Å². The van der Waals surface area contributed by atoms with Gasteiger partial charge in [-0.2, -0.15) is 0 Å². The molecule has 1 aromatic heterocycles. The molecule has 0 saturated carbocycles. The van der Waals surface area contributed by atoms with Gasteiger partial charge in [-0.25, -0.2) is 0 Å². The van der Waals surface area contributed by atoms with Crippen LogP contribution in [0.5, 0.6) is 0 Å². The minimum absolute atomic E-state index is 0. The van der Waals surface area contributed by atoms with Crippen LogP contribution in [0.2, 0.25) is 0 Å². The first-order valence-electron chi connectivity index (χ1n) is 11.2. The van der Waals surface area contributed by atoms with Gasteiger partial charge in [0.15, 0.2) is 0 Å². The molecule has 2 rings (SSSR count). The Morgan fingerprint density at radius 3 is 2.22 bits per heavy atom. The first kappa shape index (κ1) is 28.6. The summed E-state index contributed by atoms with van der Waals surface area (Å²) in [7, 11) is 0. The number of aliphatic carboxylic acids is 1. The number of fused-ring (bicyclic) bond motifs is 1. The second-order valence-electron chi connectivity index (χ2n) is 7.82. The zero-order chi connectivity index (χ0) is 22.6. The van der Waals surface area contributed by atoms with Gasteiger partial charge in [0, 0.05) is 23.8 Å². The maximum absolute atomic E-state index is 13.3. The number of nitrogens with one attached hydrogen (secondary N) is 1. The molecule has 6 nitrogen and oxygen atoms in total. The number of rotatable bonds is 14. The summed E-state index contributed by atoms with van der Waals surface area (Å²) in [6.45, 7) is 5.46. The van der Waals surface area contributed by atoms with E-state index in [9.17, 15) is 19.5 Å². The predicted octanol–water partition coefficient (Wildman–Crippen LogP) is 0.743. The van der Waals surface area contributed by atoms with E-state index in [-0.39, 0.29) is 54.2 Å². The van der Waals surface area contributed by atoms with Crippen LogP contribution in [0.4, 0.5) is 0 Å². The largest absolute Gasteiger partial charge is 1.00 e. The Morgan fingerprint density at radius 2 is 1.66 bits per heavy atom. The smallest absolute Gasteiger partial charge is 0.550 e. The molecular formula is C24H33N2NaO4S. The minimum atomic E-state index is -1.22. The van der Waals surface area contributed by atoms with Crippen LogP contribution >= 0.6 is 11.3 Å². The van der Waals surface area contributed by atoms with E-state index < -0.39 is 12.0 Å². The van der Waals surface area contributed by atoms with Crippen molar-refractivity contribution in [3.8, 4) is 0 Å². The topological polar surface area (TPSA) is 89.5 Å². The summed E-state index contributed by atoms with van der Waals surface area (Å²) in [5.41, 5.74) is 0. The molecule has 0 unspecified atom stereocenters. The molecule has 0 bridgehead atoms. The van der Waals surface area contributed by atoms with Gasteiger partial charge < -0.3 is 20.1 Å². The van der Waals surface area contributed by atoms with Gasteiger partial charge in [-0.1, -0.05) is 57.7 Å². The van der Waals surface area contributed by atoms with Gasteiger partial charge in [-0.15, -0.1) is 11.3 Å². The van der Waals surface area contributed by atoms with Crippen molar-refractivity contribution in [1.82, 2.24) is 10.2 Å². The summed E-state index contributed by atoms with van der Waals surface area (Å²) in [6, 6.07) is 8.63. The summed E-state index contributed by atoms with van der Waals surface area (Å²) in [6.07, 6.45) is 5.68. The van der Waals surface area contributed by atoms with Crippen molar-refractivity contribution in [2.45, 2.75) is 71.3 Å². The molecule has 0 aliphatic heterocycles. The Morgan fingerprint density at radius 1 is 1.03 bits per heavy atom. The number of carboxylic acids is 1. The number of carbonyl (C=O) groups is 3. The fourth-order valence-corrected chi connectivity index (χ4v) is 4.47. The van der Waals surface area contributed by atoms with Crippen molar-refractivity contribution in [1.29, 1.82) is 0 Å². The van der Waals surface area contributed by atoms with Crippen LogP contribution in [-0.2, 0) is 9.59 Å². The Labute approximate surface area is 217 Å². The van der Waals surface area contributed by atoms with Gasteiger partial charge in [-0.3, -0.25) is 9.59 Å². The minimum Gasteiger partial charge on any atom is -0.550 e. The van der Waals surface area contributed by atoms with Gasteiger partial charge in [0.25, 0.3) is 5.91 Å². The maximum atomic E-state index is 13.3. The number of hydrogen-bond acceptors (Lipinski definition) is 5. The van der Waals surface area contributed by atoms with Crippen molar-refractivity contribution in [3.05, 3.63) is 35.2 Å². The third-order valence-electron chi connectivity index (χ3n) is 5.26. The number of amides is 2. The maximum Gasteiger partial charge on any atom is 1.00 e. The molecule has 1 aromatic carbocycles. The van der Waals surface area contributed by atoms with Gasteiger partial charge in [0.2, 0.25) is 5.91 Å². The molecule has 8 heteroatoms. The van der Waals surface area contributed by atoms with Gasteiger partial charge >= 0.3 is 29.6 Å².